The Hall–Kier alpha value is -3.04. The second-order valence-corrected chi connectivity index (χ2v) is 7.95. The number of aryl methyl sites for hydroxylation is 2. The van der Waals surface area contributed by atoms with E-state index in [2.05, 4.69) is 35.9 Å². The van der Waals surface area contributed by atoms with Gasteiger partial charge in [-0.05, 0) is 30.3 Å². The molecule has 0 N–H and O–H groups in total. The van der Waals surface area contributed by atoms with E-state index in [4.69, 9.17) is 21.3 Å². The van der Waals surface area contributed by atoms with Crippen LogP contribution in [-0.4, -0.2) is 60.5 Å². The molecule has 10 heteroatoms. The number of para-hydroxylation sites is 2. The fourth-order valence-electron chi connectivity index (χ4n) is 3.91. The molecule has 1 aromatic carbocycles. The van der Waals surface area contributed by atoms with Crippen LogP contribution in [0.3, 0.4) is 0 Å². The summed E-state index contributed by atoms with van der Waals surface area (Å²) >= 11 is 6.54. The number of aromatic nitrogens is 7. The van der Waals surface area contributed by atoms with Gasteiger partial charge in [-0.25, -0.2) is 9.97 Å². The van der Waals surface area contributed by atoms with Crippen molar-refractivity contribution >= 4 is 28.5 Å². The lowest BCUT2D eigenvalue weighted by Crippen LogP contribution is -2.44. The van der Waals surface area contributed by atoms with Crippen LogP contribution in [0, 0.1) is 0 Å². The van der Waals surface area contributed by atoms with Gasteiger partial charge < -0.3 is 14.2 Å². The number of morpholine rings is 1. The van der Waals surface area contributed by atoms with E-state index in [-0.39, 0.29) is 6.10 Å². The highest BCUT2D eigenvalue weighted by Crippen LogP contribution is 2.32. The van der Waals surface area contributed by atoms with Crippen LogP contribution in [0.1, 0.15) is 12.7 Å². The maximum atomic E-state index is 6.54. The molecule has 1 aliphatic heterocycles. The number of hydrogen-bond acceptors (Lipinski definition) is 7. The molecular formula is C21H23ClN8O. The summed E-state index contributed by atoms with van der Waals surface area (Å²) in [6.45, 7) is 4.74. The maximum Gasteiger partial charge on any atom is 0.177 e. The molecule has 3 aromatic heterocycles. The van der Waals surface area contributed by atoms with Crippen LogP contribution in [-0.2, 0) is 24.8 Å². The van der Waals surface area contributed by atoms with Crippen molar-refractivity contribution in [2.24, 2.45) is 7.05 Å². The van der Waals surface area contributed by atoms with Crippen LogP contribution in [0.5, 0.6) is 0 Å². The first kappa shape index (κ1) is 19.9. The molecule has 160 valence electrons. The number of tetrazole rings is 1. The van der Waals surface area contributed by atoms with Gasteiger partial charge in [-0.3, -0.25) is 0 Å². The van der Waals surface area contributed by atoms with Crippen molar-refractivity contribution in [2.45, 2.75) is 26.0 Å². The summed E-state index contributed by atoms with van der Waals surface area (Å²) < 4.78 is 8.01. The van der Waals surface area contributed by atoms with Crippen LogP contribution < -0.4 is 4.90 Å². The first-order chi connectivity index (χ1) is 15.1. The summed E-state index contributed by atoms with van der Waals surface area (Å²) in [7, 11) is 2.00. The molecule has 0 spiro atoms. The molecule has 4 aromatic rings. The van der Waals surface area contributed by atoms with Crippen molar-refractivity contribution in [3.63, 3.8) is 0 Å². The van der Waals surface area contributed by atoms with Crippen molar-refractivity contribution in [1.82, 2.24) is 34.7 Å². The first-order valence-corrected chi connectivity index (χ1v) is 10.7. The quantitative estimate of drug-likeness (QED) is 0.473. The van der Waals surface area contributed by atoms with Gasteiger partial charge in [0.1, 0.15) is 11.6 Å². The fraction of sp³-hybridized carbons (Fsp3) is 0.381. The number of fused-ring (bicyclic) bond motifs is 1. The molecular weight excluding hydrogens is 416 g/mol. The third-order valence-electron chi connectivity index (χ3n) is 5.52. The molecule has 1 aliphatic rings. The monoisotopic (exact) mass is 438 g/mol. The average Bonchev–Trinajstić information content (AvgIpc) is 3.39. The van der Waals surface area contributed by atoms with Gasteiger partial charge in [0.25, 0.3) is 0 Å². The van der Waals surface area contributed by atoms with Gasteiger partial charge in [0.2, 0.25) is 0 Å². The molecule has 0 aliphatic carbocycles. The number of rotatable bonds is 5. The van der Waals surface area contributed by atoms with Crippen LogP contribution in [0.2, 0.25) is 5.02 Å². The third kappa shape index (κ3) is 3.86. The molecule has 0 amide bonds. The molecule has 1 atom stereocenters. The number of ether oxygens (including phenoxy) is 1. The van der Waals surface area contributed by atoms with E-state index >= 15 is 0 Å². The third-order valence-corrected chi connectivity index (χ3v) is 5.82. The minimum atomic E-state index is -0.0278. The largest absolute Gasteiger partial charge is 0.374 e. The lowest BCUT2D eigenvalue weighted by Gasteiger charge is -2.33. The second-order valence-electron chi connectivity index (χ2n) is 7.54. The van der Waals surface area contributed by atoms with Gasteiger partial charge in [-0.1, -0.05) is 23.7 Å². The Morgan fingerprint density at radius 1 is 1.26 bits per heavy atom. The van der Waals surface area contributed by atoms with Crippen molar-refractivity contribution in [3.05, 3.63) is 47.4 Å². The normalized spacial score (nSPS) is 16.9. The molecule has 1 unspecified atom stereocenters. The Balaban J connectivity index is 1.40. The van der Waals surface area contributed by atoms with Crippen LogP contribution in [0.15, 0.2) is 36.5 Å². The van der Waals surface area contributed by atoms with Gasteiger partial charge in [-0.15, -0.1) is 10.2 Å². The summed E-state index contributed by atoms with van der Waals surface area (Å²) in [5.41, 5.74) is 2.86. The molecule has 4 heterocycles. The molecule has 1 saturated heterocycles. The van der Waals surface area contributed by atoms with Crippen LogP contribution in [0.4, 0.5) is 5.82 Å². The predicted molar refractivity (Wildman–Crippen MR) is 118 cm³/mol. The molecule has 0 bridgehead atoms. The van der Waals surface area contributed by atoms with Gasteiger partial charge in [-0.2, -0.15) is 4.80 Å². The van der Waals surface area contributed by atoms with Gasteiger partial charge in [0.15, 0.2) is 5.82 Å². The SMILES string of the molecule is CCn1nnc(CC2CN(c3cc(-c4nc5ccccc5n4C)c(Cl)cn3)CCO2)n1. The van der Waals surface area contributed by atoms with Crippen LogP contribution in [0.25, 0.3) is 22.4 Å². The second kappa shape index (κ2) is 8.24. The number of hydrogen-bond donors (Lipinski definition) is 0. The van der Waals surface area contributed by atoms with E-state index in [9.17, 15) is 0 Å². The van der Waals surface area contributed by atoms with E-state index in [0.29, 0.717) is 37.0 Å². The first-order valence-electron chi connectivity index (χ1n) is 10.3. The van der Waals surface area contributed by atoms with Crippen LogP contribution >= 0.6 is 11.6 Å². The number of halogens is 1. The molecule has 9 nitrogen and oxygen atoms in total. The Bertz CT molecular complexity index is 1220. The van der Waals surface area contributed by atoms with E-state index < -0.39 is 0 Å². The number of anilines is 1. The fourth-order valence-corrected chi connectivity index (χ4v) is 4.09. The summed E-state index contributed by atoms with van der Waals surface area (Å²) in [5, 5.41) is 13.1. The highest BCUT2D eigenvalue weighted by atomic mass is 35.5. The molecule has 1 fully saturated rings. The standard InChI is InChI=1S/C21H23ClN8O/c1-3-30-26-19(25-27-30)10-14-13-29(8-9-31-14)20-11-15(16(22)12-23-20)21-24-17-6-4-5-7-18(17)28(21)2/h4-7,11-12,14H,3,8-10,13H2,1-2H3. The number of imidazole rings is 1. The minimum Gasteiger partial charge on any atom is -0.374 e. The van der Waals surface area contributed by atoms with Gasteiger partial charge in [0.05, 0.1) is 35.3 Å². The van der Waals surface area contributed by atoms with Crippen molar-refractivity contribution in [3.8, 4) is 11.4 Å². The summed E-state index contributed by atoms with van der Waals surface area (Å²) in [4.78, 5) is 13.2. The Morgan fingerprint density at radius 2 is 2.13 bits per heavy atom. The lowest BCUT2D eigenvalue weighted by atomic mass is 10.2. The number of pyridine rings is 1. The Morgan fingerprint density at radius 3 is 2.94 bits per heavy atom. The van der Waals surface area contributed by atoms with Crippen molar-refractivity contribution in [2.75, 3.05) is 24.6 Å². The van der Waals surface area contributed by atoms with E-state index in [1.165, 1.54) is 0 Å². The summed E-state index contributed by atoms with van der Waals surface area (Å²) in [6.07, 6.45) is 2.28. The summed E-state index contributed by atoms with van der Waals surface area (Å²) in [6, 6.07) is 10.1. The van der Waals surface area contributed by atoms with E-state index in [0.717, 1.165) is 34.8 Å². The zero-order valence-corrected chi connectivity index (χ0v) is 18.2. The molecule has 5 rings (SSSR count). The number of nitrogens with zero attached hydrogens (tertiary/aromatic N) is 8. The van der Waals surface area contributed by atoms with E-state index in [1.54, 1.807) is 11.0 Å². The van der Waals surface area contributed by atoms with Crippen molar-refractivity contribution < 1.29 is 4.74 Å². The van der Waals surface area contributed by atoms with Gasteiger partial charge >= 0.3 is 0 Å². The topological polar surface area (TPSA) is 86.8 Å². The van der Waals surface area contributed by atoms with Gasteiger partial charge in [0, 0.05) is 38.3 Å². The zero-order chi connectivity index (χ0) is 21.4. The Kier molecular flexibility index (Phi) is 5.29. The smallest absolute Gasteiger partial charge is 0.177 e. The highest BCUT2D eigenvalue weighted by Gasteiger charge is 2.24. The molecule has 0 saturated carbocycles. The Labute approximate surface area is 184 Å². The van der Waals surface area contributed by atoms with E-state index in [1.807, 2.05) is 38.2 Å². The lowest BCUT2D eigenvalue weighted by molar-refractivity contribution is 0.0395. The predicted octanol–water partition coefficient (Wildman–Crippen LogP) is 2.74. The molecule has 0 radical (unpaired) electrons. The maximum absolute atomic E-state index is 6.54. The highest BCUT2D eigenvalue weighted by molar-refractivity contribution is 6.33. The zero-order valence-electron chi connectivity index (χ0n) is 17.4. The minimum absolute atomic E-state index is 0.0278. The van der Waals surface area contributed by atoms with Crippen molar-refractivity contribution in [1.29, 1.82) is 0 Å². The number of benzene rings is 1. The summed E-state index contributed by atoms with van der Waals surface area (Å²) in [5.74, 6) is 2.36. The average molecular weight is 439 g/mol. The molecule has 31 heavy (non-hydrogen) atoms.